The summed E-state index contributed by atoms with van der Waals surface area (Å²) >= 11 is 0. The number of phenols is 1. The van der Waals surface area contributed by atoms with E-state index in [9.17, 15) is 14.3 Å². The van der Waals surface area contributed by atoms with Crippen LogP contribution in [0.5, 0.6) is 11.5 Å². The minimum Gasteiger partial charge on any atom is -0.505 e. The number of carboxylic acid groups (broad SMARTS) is 1. The van der Waals surface area contributed by atoms with E-state index in [1.165, 1.54) is 6.07 Å². The maximum Gasteiger partial charge on any atom is 0.348 e. The molecule has 0 saturated heterocycles. The quantitative estimate of drug-likeness (QED) is 0.805. The molecule has 1 aliphatic heterocycles. The Kier molecular flexibility index (Phi) is 2.26. The summed E-state index contributed by atoms with van der Waals surface area (Å²) in [7, 11) is 0. The number of halogens is 1. The number of aliphatic carboxylic acids is 1. The van der Waals surface area contributed by atoms with Crippen molar-refractivity contribution in [3.8, 4) is 11.5 Å². The maximum atomic E-state index is 13.1. The van der Waals surface area contributed by atoms with Gasteiger partial charge in [0.25, 0.3) is 0 Å². The molecular weight excluding hydrogens is 215 g/mol. The van der Waals surface area contributed by atoms with Crippen molar-refractivity contribution >= 4 is 5.97 Å². The average molecular weight is 226 g/mol. The normalized spacial score (nSPS) is 22.6. The van der Waals surface area contributed by atoms with Crippen LogP contribution >= 0.6 is 0 Å². The third-order valence-corrected chi connectivity index (χ3v) is 2.87. The van der Waals surface area contributed by atoms with Crippen LogP contribution in [0.4, 0.5) is 4.39 Å². The van der Waals surface area contributed by atoms with Crippen LogP contribution in [0.15, 0.2) is 12.1 Å². The summed E-state index contributed by atoms with van der Waals surface area (Å²) in [6.45, 7) is 1.69. The predicted molar refractivity (Wildman–Crippen MR) is 53.1 cm³/mol. The second kappa shape index (κ2) is 3.37. The molecule has 2 rings (SSSR count). The highest BCUT2D eigenvalue weighted by Crippen LogP contribution is 2.40. The SMILES string of the molecule is CCC1(C(=O)O)Cc2cc(O)c(F)cc2O1. The number of fused-ring (bicyclic) bond motifs is 1. The molecule has 0 amide bonds. The molecule has 0 saturated carbocycles. The lowest BCUT2D eigenvalue weighted by Gasteiger charge is -2.21. The largest absolute Gasteiger partial charge is 0.505 e. The molecule has 2 N–H and O–H groups in total. The first-order chi connectivity index (χ1) is 7.48. The van der Waals surface area contributed by atoms with Crippen LogP contribution in [0.25, 0.3) is 0 Å². The van der Waals surface area contributed by atoms with E-state index in [1.54, 1.807) is 6.92 Å². The second-order valence-electron chi connectivity index (χ2n) is 3.84. The van der Waals surface area contributed by atoms with Gasteiger partial charge in [0.2, 0.25) is 5.60 Å². The summed E-state index contributed by atoms with van der Waals surface area (Å²) in [4.78, 5) is 11.1. The first-order valence-corrected chi connectivity index (χ1v) is 4.92. The van der Waals surface area contributed by atoms with Crippen molar-refractivity contribution in [2.24, 2.45) is 0 Å². The lowest BCUT2D eigenvalue weighted by Crippen LogP contribution is -2.42. The Morgan fingerprint density at radius 2 is 2.31 bits per heavy atom. The Morgan fingerprint density at radius 1 is 1.62 bits per heavy atom. The van der Waals surface area contributed by atoms with E-state index in [-0.39, 0.29) is 18.6 Å². The van der Waals surface area contributed by atoms with E-state index in [2.05, 4.69) is 0 Å². The lowest BCUT2D eigenvalue weighted by atomic mass is 9.94. The number of phenolic OH excluding ortho intramolecular Hbond substituents is 1. The molecule has 0 aliphatic carbocycles. The number of carboxylic acids is 1. The molecule has 0 aromatic heterocycles. The third kappa shape index (κ3) is 1.39. The van der Waals surface area contributed by atoms with Crippen molar-refractivity contribution in [1.82, 2.24) is 0 Å². The van der Waals surface area contributed by atoms with Gasteiger partial charge in [-0.3, -0.25) is 0 Å². The standard InChI is InChI=1S/C11H11FO4/c1-2-11(10(14)15)5-6-3-8(13)7(12)4-9(6)16-11/h3-4,13H,2,5H2,1H3,(H,14,15). The Labute approximate surface area is 91.3 Å². The smallest absolute Gasteiger partial charge is 0.348 e. The molecule has 0 radical (unpaired) electrons. The van der Waals surface area contributed by atoms with E-state index in [0.29, 0.717) is 5.56 Å². The van der Waals surface area contributed by atoms with Gasteiger partial charge in [0.1, 0.15) is 5.75 Å². The minimum absolute atomic E-state index is 0.141. The van der Waals surface area contributed by atoms with Gasteiger partial charge in [-0.2, -0.15) is 0 Å². The Morgan fingerprint density at radius 3 is 2.88 bits per heavy atom. The van der Waals surface area contributed by atoms with Gasteiger partial charge in [0.15, 0.2) is 11.6 Å². The average Bonchev–Trinajstić information content (AvgIpc) is 2.58. The fourth-order valence-electron chi connectivity index (χ4n) is 1.84. The maximum absolute atomic E-state index is 13.1. The number of carbonyl (C=O) groups is 1. The molecule has 5 heteroatoms. The van der Waals surface area contributed by atoms with Gasteiger partial charge in [-0.25, -0.2) is 9.18 Å². The van der Waals surface area contributed by atoms with Crippen molar-refractivity contribution in [3.05, 3.63) is 23.5 Å². The van der Waals surface area contributed by atoms with Crippen LogP contribution in [-0.2, 0) is 11.2 Å². The van der Waals surface area contributed by atoms with Crippen LogP contribution in [0.2, 0.25) is 0 Å². The van der Waals surface area contributed by atoms with Crippen LogP contribution in [0, 0.1) is 5.82 Å². The van der Waals surface area contributed by atoms with Crippen molar-refractivity contribution in [3.63, 3.8) is 0 Å². The molecule has 0 bridgehead atoms. The van der Waals surface area contributed by atoms with Gasteiger partial charge in [0, 0.05) is 18.1 Å². The number of aromatic hydroxyl groups is 1. The molecule has 16 heavy (non-hydrogen) atoms. The number of hydrogen-bond acceptors (Lipinski definition) is 3. The van der Waals surface area contributed by atoms with Crippen LogP contribution in [0.1, 0.15) is 18.9 Å². The molecule has 1 aliphatic rings. The fourth-order valence-corrected chi connectivity index (χ4v) is 1.84. The van der Waals surface area contributed by atoms with Crippen molar-refractivity contribution in [1.29, 1.82) is 0 Å². The molecular formula is C11H11FO4. The lowest BCUT2D eigenvalue weighted by molar-refractivity contribution is -0.154. The highest BCUT2D eigenvalue weighted by molar-refractivity contribution is 5.80. The van der Waals surface area contributed by atoms with E-state index < -0.39 is 23.1 Å². The van der Waals surface area contributed by atoms with Crippen LogP contribution < -0.4 is 4.74 Å². The Bertz CT molecular complexity index is 425. The van der Waals surface area contributed by atoms with Crippen LogP contribution in [0.3, 0.4) is 0 Å². The molecule has 86 valence electrons. The number of ether oxygens (including phenoxy) is 1. The second-order valence-corrected chi connectivity index (χ2v) is 3.84. The zero-order chi connectivity index (χ0) is 11.9. The first kappa shape index (κ1) is 10.7. The summed E-state index contributed by atoms with van der Waals surface area (Å²) in [5, 5.41) is 18.3. The van der Waals surface area contributed by atoms with Crippen molar-refractivity contribution in [2.75, 3.05) is 0 Å². The summed E-state index contributed by atoms with van der Waals surface area (Å²) in [6, 6.07) is 2.23. The summed E-state index contributed by atoms with van der Waals surface area (Å²) in [5.74, 6) is -2.18. The van der Waals surface area contributed by atoms with E-state index in [0.717, 1.165) is 6.07 Å². The van der Waals surface area contributed by atoms with Gasteiger partial charge in [0.05, 0.1) is 0 Å². The van der Waals surface area contributed by atoms with Gasteiger partial charge < -0.3 is 14.9 Å². The molecule has 1 unspecified atom stereocenters. The highest BCUT2D eigenvalue weighted by Gasteiger charge is 2.45. The summed E-state index contributed by atoms with van der Waals surface area (Å²) < 4.78 is 18.3. The van der Waals surface area contributed by atoms with Crippen molar-refractivity contribution < 1.29 is 24.1 Å². The number of hydrogen-bond donors (Lipinski definition) is 2. The Balaban J connectivity index is 2.44. The molecule has 1 aromatic carbocycles. The molecule has 4 nitrogen and oxygen atoms in total. The number of benzene rings is 1. The zero-order valence-corrected chi connectivity index (χ0v) is 8.66. The van der Waals surface area contributed by atoms with Crippen molar-refractivity contribution in [2.45, 2.75) is 25.4 Å². The monoisotopic (exact) mass is 226 g/mol. The summed E-state index contributed by atoms with van der Waals surface area (Å²) in [6.07, 6.45) is 0.418. The predicted octanol–water partition coefficient (Wildman–Crippen LogP) is 1.70. The molecule has 1 aromatic rings. The van der Waals surface area contributed by atoms with E-state index in [1.807, 2.05) is 0 Å². The van der Waals surface area contributed by atoms with Gasteiger partial charge in [-0.15, -0.1) is 0 Å². The Hall–Kier alpha value is -1.78. The van der Waals surface area contributed by atoms with E-state index >= 15 is 0 Å². The zero-order valence-electron chi connectivity index (χ0n) is 8.66. The van der Waals surface area contributed by atoms with Gasteiger partial charge >= 0.3 is 5.97 Å². The highest BCUT2D eigenvalue weighted by atomic mass is 19.1. The first-order valence-electron chi connectivity index (χ1n) is 4.92. The summed E-state index contributed by atoms with van der Waals surface area (Å²) in [5.41, 5.74) is -0.814. The van der Waals surface area contributed by atoms with Gasteiger partial charge in [-0.1, -0.05) is 6.92 Å². The van der Waals surface area contributed by atoms with Crippen LogP contribution in [-0.4, -0.2) is 21.8 Å². The topological polar surface area (TPSA) is 66.8 Å². The minimum atomic E-state index is -1.33. The molecule has 1 heterocycles. The third-order valence-electron chi connectivity index (χ3n) is 2.87. The fraction of sp³-hybridized carbons (Fsp3) is 0.364. The molecule has 0 fully saturated rings. The van der Waals surface area contributed by atoms with E-state index in [4.69, 9.17) is 9.84 Å². The number of rotatable bonds is 2. The van der Waals surface area contributed by atoms with Gasteiger partial charge in [-0.05, 0) is 12.5 Å². The molecule has 0 spiro atoms. The molecule has 1 atom stereocenters.